The topological polar surface area (TPSA) is 116 Å². The van der Waals surface area contributed by atoms with Crippen LogP contribution in [0, 0.1) is 0 Å². The quantitative estimate of drug-likeness (QED) is 0.584. The smallest absolute Gasteiger partial charge is 0.259 e. The van der Waals surface area contributed by atoms with Crippen LogP contribution in [0.3, 0.4) is 0 Å². The van der Waals surface area contributed by atoms with Gasteiger partial charge in [0.2, 0.25) is 5.91 Å². The maximum atomic E-state index is 12.9. The van der Waals surface area contributed by atoms with Crippen molar-refractivity contribution in [3.63, 3.8) is 0 Å². The Morgan fingerprint density at radius 2 is 1.97 bits per heavy atom. The Morgan fingerprint density at radius 3 is 2.71 bits per heavy atom. The molecule has 3 N–H and O–H groups in total. The first-order valence-electron chi connectivity index (χ1n) is 9.70. The molecule has 158 valence electrons. The molecule has 9 nitrogen and oxygen atoms in total. The Bertz CT molecular complexity index is 1120. The van der Waals surface area contributed by atoms with E-state index in [4.69, 9.17) is 4.74 Å². The van der Waals surface area contributed by atoms with E-state index < -0.39 is 0 Å². The second-order valence-electron chi connectivity index (χ2n) is 7.00. The normalized spacial score (nSPS) is 13.5. The summed E-state index contributed by atoms with van der Waals surface area (Å²) in [6, 6.07) is 13.9. The Labute approximate surface area is 178 Å². The first kappa shape index (κ1) is 20.1. The second kappa shape index (κ2) is 8.70. The van der Waals surface area contributed by atoms with Gasteiger partial charge in [-0.3, -0.25) is 19.5 Å². The number of hydrogen-bond donors (Lipinski definition) is 3. The number of aromatic amines is 1. The number of ether oxygens (including phenoxy) is 1. The zero-order chi connectivity index (χ0) is 21.8. The van der Waals surface area contributed by atoms with Crippen LogP contribution in [0.5, 0.6) is 5.75 Å². The number of carbonyl (C=O) groups is 3. The Hall–Kier alpha value is -4.14. The lowest BCUT2D eigenvalue weighted by Crippen LogP contribution is -2.49. The average molecular weight is 419 g/mol. The molecule has 1 aliphatic heterocycles. The number of aromatic nitrogens is 2. The molecular weight excluding hydrogens is 398 g/mol. The lowest BCUT2D eigenvalue weighted by Gasteiger charge is -2.26. The molecule has 1 aliphatic rings. The number of H-pyrrole nitrogens is 1. The number of hydrogen-bond acceptors (Lipinski definition) is 5. The molecule has 1 aromatic heterocycles. The number of nitrogens with one attached hydrogen (secondary N) is 3. The number of rotatable bonds is 5. The van der Waals surface area contributed by atoms with Crippen molar-refractivity contribution >= 4 is 23.4 Å². The third kappa shape index (κ3) is 4.40. The predicted molar refractivity (Wildman–Crippen MR) is 114 cm³/mol. The van der Waals surface area contributed by atoms with Gasteiger partial charge in [-0.05, 0) is 42.5 Å². The fraction of sp³-hybridized carbons (Fsp3) is 0.182. The number of piperazine rings is 1. The number of anilines is 1. The molecule has 31 heavy (non-hydrogen) atoms. The summed E-state index contributed by atoms with van der Waals surface area (Å²) in [5, 5.41) is 12.4. The largest absolute Gasteiger partial charge is 0.497 e. The summed E-state index contributed by atoms with van der Waals surface area (Å²) in [6.07, 6.45) is 1.45. The van der Waals surface area contributed by atoms with Gasteiger partial charge in [-0.25, -0.2) is 0 Å². The van der Waals surface area contributed by atoms with E-state index in [0.29, 0.717) is 41.3 Å². The minimum absolute atomic E-state index is 0.0235. The highest BCUT2D eigenvalue weighted by Crippen LogP contribution is 2.24. The van der Waals surface area contributed by atoms with Crippen molar-refractivity contribution in [3.8, 4) is 17.0 Å². The Balaban J connectivity index is 1.51. The number of carbonyl (C=O) groups excluding carboxylic acids is 3. The minimum atomic E-state index is -0.360. The number of benzene rings is 2. The summed E-state index contributed by atoms with van der Waals surface area (Å²) in [7, 11) is 1.59. The zero-order valence-electron chi connectivity index (χ0n) is 16.8. The molecule has 0 radical (unpaired) electrons. The van der Waals surface area contributed by atoms with Crippen molar-refractivity contribution in [2.75, 3.05) is 32.1 Å². The van der Waals surface area contributed by atoms with Crippen LogP contribution in [0.4, 0.5) is 5.69 Å². The standard InChI is InChI=1S/C22H21N5O4/c1-31-17-7-5-14(6-8-17)20-18(12-24-26-20)21(29)25-16-4-2-3-15(11-16)22(30)27-10-9-23-19(28)13-27/h2-8,11-12H,9-10,13H2,1H3,(H,23,28)(H,24,26)(H,25,29). The van der Waals surface area contributed by atoms with Crippen LogP contribution in [0.25, 0.3) is 11.3 Å². The summed E-state index contributed by atoms with van der Waals surface area (Å²) < 4.78 is 5.17. The van der Waals surface area contributed by atoms with Gasteiger partial charge in [0.25, 0.3) is 11.8 Å². The molecule has 0 saturated carbocycles. The van der Waals surface area contributed by atoms with E-state index in [1.54, 1.807) is 43.5 Å². The van der Waals surface area contributed by atoms with E-state index in [0.717, 1.165) is 5.56 Å². The third-order valence-corrected chi connectivity index (χ3v) is 4.96. The van der Waals surface area contributed by atoms with Crippen LogP contribution in [0.1, 0.15) is 20.7 Å². The van der Waals surface area contributed by atoms with Gasteiger partial charge >= 0.3 is 0 Å². The zero-order valence-corrected chi connectivity index (χ0v) is 16.8. The molecule has 3 aromatic rings. The third-order valence-electron chi connectivity index (χ3n) is 4.96. The Morgan fingerprint density at radius 1 is 1.16 bits per heavy atom. The van der Waals surface area contributed by atoms with Crippen molar-refractivity contribution in [2.24, 2.45) is 0 Å². The molecule has 0 bridgehead atoms. The molecule has 1 saturated heterocycles. The van der Waals surface area contributed by atoms with Gasteiger partial charge in [0.05, 0.1) is 31.1 Å². The summed E-state index contributed by atoms with van der Waals surface area (Å²) in [5.74, 6) is -0.0910. The van der Waals surface area contributed by atoms with Gasteiger partial charge < -0.3 is 20.3 Å². The van der Waals surface area contributed by atoms with E-state index in [-0.39, 0.29) is 24.3 Å². The van der Waals surface area contributed by atoms with E-state index in [1.807, 2.05) is 12.1 Å². The van der Waals surface area contributed by atoms with E-state index >= 15 is 0 Å². The van der Waals surface area contributed by atoms with Crippen molar-refractivity contribution < 1.29 is 19.1 Å². The van der Waals surface area contributed by atoms with Crippen LogP contribution in [-0.4, -0.2) is 59.6 Å². The fourth-order valence-electron chi connectivity index (χ4n) is 3.36. The number of amides is 3. The van der Waals surface area contributed by atoms with E-state index in [1.165, 1.54) is 11.1 Å². The van der Waals surface area contributed by atoms with Gasteiger partial charge in [-0.15, -0.1) is 0 Å². The molecule has 2 aromatic carbocycles. The van der Waals surface area contributed by atoms with Crippen molar-refractivity contribution in [1.82, 2.24) is 20.4 Å². The maximum absolute atomic E-state index is 12.9. The monoisotopic (exact) mass is 419 g/mol. The van der Waals surface area contributed by atoms with Crippen LogP contribution >= 0.6 is 0 Å². The Kier molecular flexibility index (Phi) is 5.65. The molecule has 3 amide bonds. The highest BCUT2D eigenvalue weighted by Gasteiger charge is 2.23. The first-order valence-corrected chi connectivity index (χ1v) is 9.70. The molecule has 0 spiro atoms. The van der Waals surface area contributed by atoms with Crippen molar-refractivity contribution in [3.05, 3.63) is 65.9 Å². The first-order chi connectivity index (χ1) is 15.0. The molecule has 2 heterocycles. The molecule has 1 fully saturated rings. The van der Waals surface area contributed by atoms with Crippen LogP contribution in [0.2, 0.25) is 0 Å². The molecular formula is C22H21N5O4. The molecule has 0 atom stereocenters. The van der Waals surface area contributed by atoms with Gasteiger partial charge in [0, 0.05) is 29.9 Å². The molecule has 0 unspecified atom stereocenters. The summed E-state index contributed by atoms with van der Waals surface area (Å²) in [5.41, 5.74) is 2.60. The lowest BCUT2D eigenvalue weighted by atomic mass is 10.1. The number of nitrogens with zero attached hydrogens (tertiary/aromatic N) is 2. The van der Waals surface area contributed by atoms with Gasteiger partial charge in [0.15, 0.2) is 0 Å². The van der Waals surface area contributed by atoms with Crippen LogP contribution in [-0.2, 0) is 4.79 Å². The van der Waals surface area contributed by atoms with Gasteiger partial charge in [-0.2, -0.15) is 5.10 Å². The van der Waals surface area contributed by atoms with E-state index in [2.05, 4.69) is 20.8 Å². The van der Waals surface area contributed by atoms with Crippen molar-refractivity contribution in [1.29, 1.82) is 0 Å². The predicted octanol–water partition coefficient (Wildman–Crippen LogP) is 1.91. The molecule has 9 heteroatoms. The summed E-state index contributed by atoms with van der Waals surface area (Å²) >= 11 is 0. The summed E-state index contributed by atoms with van der Waals surface area (Å²) in [4.78, 5) is 38.6. The van der Waals surface area contributed by atoms with Crippen LogP contribution < -0.4 is 15.4 Å². The fourth-order valence-corrected chi connectivity index (χ4v) is 3.36. The van der Waals surface area contributed by atoms with Crippen LogP contribution in [0.15, 0.2) is 54.7 Å². The number of methoxy groups -OCH3 is 1. The highest BCUT2D eigenvalue weighted by atomic mass is 16.5. The highest BCUT2D eigenvalue weighted by molar-refractivity contribution is 6.08. The van der Waals surface area contributed by atoms with Gasteiger partial charge in [-0.1, -0.05) is 6.07 Å². The second-order valence-corrected chi connectivity index (χ2v) is 7.00. The minimum Gasteiger partial charge on any atom is -0.497 e. The summed E-state index contributed by atoms with van der Waals surface area (Å²) in [6.45, 7) is 0.896. The average Bonchev–Trinajstić information content (AvgIpc) is 3.29. The van der Waals surface area contributed by atoms with E-state index in [9.17, 15) is 14.4 Å². The SMILES string of the molecule is COc1ccc(-c2[nH]ncc2C(=O)Nc2cccc(C(=O)N3CCNC(=O)C3)c2)cc1. The molecule has 0 aliphatic carbocycles. The molecule has 4 rings (SSSR count). The van der Waals surface area contributed by atoms with Crippen molar-refractivity contribution in [2.45, 2.75) is 0 Å². The lowest BCUT2D eigenvalue weighted by molar-refractivity contribution is -0.123. The maximum Gasteiger partial charge on any atom is 0.259 e. The van der Waals surface area contributed by atoms with Gasteiger partial charge in [0.1, 0.15) is 5.75 Å².